The Morgan fingerprint density at radius 1 is 1.08 bits per heavy atom. The molecular weight excluding hydrogens is 324 g/mol. The summed E-state index contributed by atoms with van der Waals surface area (Å²) in [6.45, 7) is 2.36. The molecule has 0 bridgehead atoms. The van der Waals surface area contributed by atoms with E-state index in [-0.39, 0.29) is 6.61 Å². The number of anilines is 1. The molecule has 2 N–H and O–H groups in total. The van der Waals surface area contributed by atoms with Crippen LogP contribution in [-0.4, -0.2) is 19.2 Å². The number of halogens is 1. The van der Waals surface area contributed by atoms with Crippen LogP contribution < -0.4 is 10.6 Å². The van der Waals surface area contributed by atoms with Gasteiger partial charge in [-0.3, -0.25) is 5.32 Å². The van der Waals surface area contributed by atoms with Crippen LogP contribution in [0.15, 0.2) is 48.5 Å². The third-order valence-corrected chi connectivity index (χ3v) is 4.50. The van der Waals surface area contributed by atoms with Crippen molar-refractivity contribution in [1.29, 1.82) is 0 Å². The molecular formula is C19H21ClN2O2. The third-order valence-electron chi connectivity index (χ3n) is 4.25. The first-order valence-electron chi connectivity index (χ1n) is 8.19. The quantitative estimate of drug-likeness (QED) is 0.855. The molecule has 1 amide bonds. The van der Waals surface area contributed by atoms with E-state index in [4.69, 9.17) is 16.3 Å². The Morgan fingerprint density at radius 3 is 2.42 bits per heavy atom. The highest BCUT2D eigenvalue weighted by Crippen LogP contribution is 2.26. The number of amides is 1. The minimum atomic E-state index is -0.459. The first kappa shape index (κ1) is 16.8. The number of nitrogens with one attached hydrogen (secondary N) is 2. The third kappa shape index (κ3) is 4.73. The number of hydrogen-bond donors (Lipinski definition) is 2. The van der Waals surface area contributed by atoms with Gasteiger partial charge in [0, 0.05) is 10.7 Å². The standard InChI is InChI=1S/C19H21ClN2O2/c20-17-5-1-14(2-6-17)13-24-19(23)22-18-7-3-15(4-8-18)16-9-11-21-12-10-16/h1-8,16,21H,9-13H2,(H,22,23). The molecule has 1 saturated heterocycles. The molecule has 0 aliphatic carbocycles. The van der Waals surface area contributed by atoms with E-state index >= 15 is 0 Å². The molecule has 5 heteroatoms. The number of piperidine rings is 1. The molecule has 0 atom stereocenters. The van der Waals surface area contributed by atoms with Gasteiger partial charge in [-0.25, -0.2) is 4.79 Å². The van der Waals surface area contributed by atoms with E-state index in [0.29, 0.717) is 10.9 Å². The van der Waals surface area contributed by atoms with Gasteiger partial charge in [0.25, 0.3) is 0 Å². The lowest BCUT2D eigenvalue weighted by Gasteiger charge is -2.23. The van der Waals surface area contributed by atoms with Gasteiger partial charge in [0.05, 0.1) is 0 Å². The molecule has 0 radical (unpaired) electrons. The first-order chi connectivity index (χ1) is 11.7. The SMILES string of the molecule is O=C(Nc1ccc(C2CCNCC2)cc1)OCc1ccc(Cl)cc1. The molecule has 0 saturated carbocycles. The molecule has 1 aliphatic rings. The predicted octanol–water partition coefficient (Wildman–Crippen LogP) is 4.56. The van der Waals surface area contributed by atoms with Crippen LogP contribution in [0.5, 0.6) is 0 Å². The molecule has 2 aromatic carbocycles. The monoisotopic (exact) mass is 344 g/mol. The van der Waals surface area contributed by atoms with Crippen molar-refractivity contribution in [1.82, 2.24) is 5.32 Å². The Kier molecular flexibility index (Phi) is 5.72. The average Bonchev–Trinajstić information content (AvgIpc) is 2.63. The molecule has 126 valence electrons. The number of ether oxygens (including phenoxy) is 1. The lowest BCUT2D eigenvalue weighted by molar-refractivity contribution is 0.155. The van der Waals surface area contributed by atoms with Crippen LogP contribution in [0, 0.1) is 0 Å². The van der Waals surface area contributed by atoms with Gasteiger partial charge < -0.3 is 10.1 Å². The summed E-state index contributed by atoms with van der Waals surface area (Å²) in [6, 6.07) is 15.3. The lowest BCUT2D eigenvalue weighted by atomic mass is 9.90. The topological polar surface area (TPSA) is 50.4 Å². The van der Waals surface area contributed by atoms with E-state index in [9.17, 15) is 4.79 Å². The summed E-state index contributed by atoms with van der Waals surface area (Å²) >= 11 is 5.83. The van der Waals surface area contributed by atoms with E-state index in [0.717, 1.165) is 37.2 Å². The van der Waals surface area contributed by atoms with Crippen molar-refractivity contribution in [3.05, 3.63) is 64.7 Å². The molecule has 0 unspecified atom stereocenters. The second-order valence-electron chi connectivity index (χ2n) is 5.97. The maximum Gasteiger partial charge on any atom is 0.411 e. The Bertz CT molecular complexity index is 665. The van der Waals surface area contributed by atoms with Crippen LogP contribution in [0.4, 0.5) is 10.5 Å². The summed E-state index contributed by atoms with van der Waals surface area (Å²) in [5.41, 5.74) is 2.97. The van der Waals surface area contributed by atoms with Gasteiger partial charge in [-0.05, 0) is 67.2 Å². The normalized spacial score (nSPS) is 15.0. The summed E-state index contributed by atoms with van der Waals surface area (Å²) in [6.07, 6.45) is 1.87. The van der Waals surface area contributed by atoms with Crippen molar-refractivity contribution in [2.75, 3.05) is 18.4 Å². The fourth-order valence-corrected chi connectivity index (χ4v) is 3.00. The van der Waals surface area contributed by atoms with Gasteiger partial charge in [0.15, 0.2) is 0 Å². The maximum absolute atomic E-state index is 11.9. The minimum Gasteiger partial charge on any atom is -0.444 e. The molecule has 1 heterocycles. The first-order valence-corrected chi connectivity index (χ1v) is 8.57. The van der Waals surface area contributed by atoms with Crippen molar-refractivity contribution < 1.29 is 9.53 Å². The number of rotatable bonds is 4. The largest absolute Gasteiger partial charge is 0.444 e. The van der Waals surface area contributed by atoms with Crippen molar-refractivity contribution in [2.24, 2.45) is 0 Å². The summed E-state index contributed by atoms with van der Waals surface area (Å²) < 4.78 is 5.22. The van der Waals surface area contributed by atoms with E-state index in [1.54, 1.807) is 12.1 Å². The Hall–Kier alpha value is -2.04. The van der Waals surface area contributed by atoms with Gasteiger partial charge >= 0.3 is 6.09 Å². The van der Waals surface area contributed by atoms with Crippen LogP contribution in [0.1, 0.15) is 29.9 Å². The second kappa shape index (κ2) is 8.18. The molecule has 0 spiro atoms. The molecule has 2 aromatic rings. The number of hydrogen-bond acceptors (Lipinski definition) is 3. The number of carbonyl (C=O) groups excluding carboxylic acids is 1. The molecule has 0 aromatic heterocycles. The van der Waals surface area contributed by atoms with E-state index in [1.807, 2.05) is 24.3 Å². The van der Waals surface area contributed by atoms with Crippen LogP contribution in [0.2, 0.25) is 5.02 Å². The summed E-state index contributed by atoms with van der Waals surface area (Å²) in [5.74, 6) is 0.608. The Morgan fingerprint density at radius 2 is 1.75 bits per heavy atom. The highest BCUT2D eigenvalue weighted by Gasteiger charge is 2.15. The number of carbonyl (C=O) groups is 1. The van der Waals surface area contributed by atoms with Gasteiger partial charge in [-0.2, -0.15) is 0 Å². The van der Waals surface area contributed by atoms with Gasteiger partial charge in [-0.1, -0.05) is 35.9 Å². The number of benzene rings is 2. The molecule has 24 heavy (non-hydrogen) atoms. The predicted molar refractivity (Wildman–Crippen MR) is 96.5 cm³/mol. The second-order valence-corrected chi connectivity index (χ2v) is 6.41. The van der Waals surface area contributed by atoms with Crippen LogP contribution in [-0.2, 0) is 11.3 Å². The zero-order valence-corrected chi connectivity index (χ0v) is 14.2. The molecule has 1 fully saturated rings. The molecule has 3 rings (SSSR count). The van der Waals surface area contributed by atoms with Crippen LogP contribution >= 0.6 is 11.6 Å². The van der Waals surface area contributed by atoms with E-state index in [1.165, 1.54) is 5.56 Å². The average molecular weight is 345 g/mol. The van der Waals surface area contributed by atoms with E-state index < -0.39 is 6.09 Å². The summed E-state index contributed by atoms with van der Waals surface area (Å²) in [7, 11) is 0. The van der Waals surface area contributed by atoms with Crippen molar-refractivity contribution in [3.8, 4) is 0 Å². The highest BCUT2D eigenvalue weighted by atomic mass is 35.5. The summed E-state index contributed by atoms with van der Waals surface area (Å²) in [4.78, 5) is 11.9. The fourth-order valence-electron chi connectivity index (χ4n) is 2.88. The Labute approximate surface area is 147 Å². The fraction of sp³-hybridized carbons (Fsp3) is 0.316. The zero-order chi connectivity index (χ0) is 16.8. The zero-order valence-electron chi connectivity index (χ0n) is 13.4. The van der Waals surface area contributed by atoms with Gasteiger partial charge in [0.1, 0.15) is 6.61 Å². The van der Waals surface area contributed by atoms with Gasteiger partial charge in [-0.15, -0.1) is 0 Å². The molecule has 1 aliphatic heterocycles. The van der Waals surface area contributed by atoms with Crippen molar-refractivity contribution >= 4 is 23.4 Å². The van der Waals surface area contributed by atoms with Crippen LogP contribution in [0.3, 0.4) is 0 Å². The lowest BCUT2D eigenvalue weighted by Crippen LogP contribution is -2.26. The van der Waals surface area contributed by atoms with E-state index in [2.05, 4.69) is 22.8 Å². The van der Waals surface area contributed by atoms with Crippen molar-refractivity contribution in [2.45, 2.75) is 25.4 Å². The van der Waals surface area contributed by atoms with Crippen LogP contribution in [0.25, 0.3) is 0 Å². The van der Waals surface area contributed by atoms with Crippen molar-refractivity contribution in [3.63, 3.8) is 0 Å². The van der Waals surface area contributed by atoms with Gasteiger partial charge in [0.2, 0.25) is 0 Å². The molecule has 4 nitrogen and oxygen atoms in total. The smallest absolute Gasteiger partial charge is 0.411 e. The Balaban J connectivity index is 1.49. The highest BCUT2D eigenvalue weighted by molar-refractivity contribution is 6.30. The summed E-state index contributed by atoms with van der Waals surface area (Å²) in [5, 5.41) is 6.79. The minimum absolute atomic E-state index is 0.218. The maximum atomic E-state index is 11.9.